The van der Waals surface area contributed by atoms with Crippen LogP contribution in [0.2, 0.25) is 5.02 Å². The second-order valence-corrected chi connectivity index (χ2v) is 9.99. The van der Waals surface area contributed by atoms with E-state index in [0.29, 0.717) is 11.1 Å². The molecule has 0 aliphatic heterocycles. The third-order valence-electron chi connectivity index (χ3n) is 5.71. The average Bonchev–Trinajstić information content (AvgIpc) is 2.83. The molecule has 4 rings (SSSR count). The maximum Gasteiger partial charge on any atom is 0.257 e. The number of fused-ring (bicyclic) bond motifs is 2. The van der Waals surface area contributed by atoms with E-state index in [1.165, 1.54) is 40.7 Å². The summed E-state index contributed by atoms with van der Waals surface area (Å²) >= 11 is 6.20. The van der Waals surface area contributed by atoms with Crippen LogP contribution < -0.4 is 5.32 Å². The molecule has 0 bridgehead atoms. The number of anilines is 1. The van der Waals surface area contributed by atoms with Crippen molar-refractivity contribution in [2.24, 2.45) is 0 Å². The van der Waals surface area contributed by atoms with Crippen molar-refractivity contribution < 1.29 is 22.8 Å². The Bertz CT molecular complexity index is 1450. The zero-order chi connectivity index (χ0) is 24.6. The lowest BCUT2D eigenvalue weighted by atomic mass is 9.84. The number of hydrogen-bond acceptors (Lipinski definition) is 5. The molecule has 3 aromatic rings. The number of benzene rings is 3. The number of sulfonamides is 1. The van der Waals surface area contributed by atoms with Gasteiger partial charge in [0.15, 0.2) is 11.6 Å². The second kappa shape index (κ2) is 9.13. The maximum absolute atomic E-state index is 13.0. The summed E-state index contributed by atoms with van der Waals surface area (Å²) in [6.07, 6.45) is 0. The number of ketones is 2. The molecule has 174 valence electrons. The highest BCUT2D eigenvalue weighted by molar-refractivity contribution is 7.89. The van der Waals surface area contributed by atoms with Gasteiger partial charge in [0.05, 0.1) is 15.5 Å². The Labute approximate surface area is 202 Å². The lowest BCUT2D eigenvalue weighted by Crippen LogP contribution is -2.30. The topological polar surface area (TPSA) is 101 Å². The van der Waals surface area contributed by atoms with Crippen LogP contribution in [0.1, 0.15) is 56.0 Å². The molecular formula is C25H21ClN2O5S. The van der Waals surface area contributed by atoms with E-state index >= 15 is 0 Å². The number of rotatable bonds is 6. The van der Waals surface area contributed by atoms with Crippen molar-refractivity contribution in [3.05, 3.63) is 93.5 Å². The van der Waals surface area contributed by atoms with Gasteiger partial charge in [0.1, 0.15) is 0 Å². The minimum atomic E-state index is -3.79. The molecule has 1 N–H and O–H groups in total. The Kier molecular flexibility index (Phi) is 6.40. The van der Waals surface area contributed by atoms with Gasteiger partial charge in [-0.15, -0.1) is 0 Å². The summed E-state index contributed by atoms with van der Waals surface area (Å²) in [7, 11) is -3.79. The number of nitrogens with one attached hydrogen (secondary N) is 1. The number of nitrogens with zero attached hydrogens (tertiary/aromatic N) is 1. The number of amides is 1. The fourth-order valence-electron chi connectivity index (χ4n) is 3.93. The van der Waals surface area contributed by atoms with Gasteiger partial charge in [-0.25, -0.2) is 8.42 Å². The van der Waals surface area contributed by atoms with Gasteiger partial charge < -0.3 is 5.32 Å². The van der Waals surface area contributed by atoms with Crippen molar-refractivity contribution in [2.45, 2.75) is 18.7 Å². The van der Waals surface area contributed by atoms with E-state index in [4.69, 9.17) is 11.6 Å². The minimum absolute atomic E-state index is 0.0274. The Balaban J connectivity index is 1.66. The van der Waals surface area contributed by atoms with Crippen molar-refractivity contribution in [3.8, 4) is 0 Å². The molecule has 0 heterocycles. The van der Waals surface area contributed by atoms with Crippen molar-refractivity contribution in [1.29, 1.82) is 0 Å². The van der Waals surface area contributed by atoms with Gasteiger partial charge in [0, 0.05) is 41.0 Å². The van der Waals surface area contributed by atoms with Gasteiger partial charge in [-0.2, -0.15) is 4.31 Å². The predicted molar refractivity (Wildman–Crippen MR) is 129 cm³/mol. The predicted octanol–water partition coefficient (Wildman–Crippen LogP) is 4.40. The summed E-state index contributed by atoms with van der Waals surface area (Å²) in [6.45, 7) is 4.03. The van der Waals surface area contributed by atoms with Crippen LogP contribution in [0.3, 0.4) is 0 Å². The average molecular weight is 497 g/mol. The standard InChI is InChI=1S/C25H21ClN2O5S/c1-3-28(4-2)34(32,33)16-10-12-22(26)21(14-16)25(31)27-15-9-11-19-20(13-15)24(30)18-8-6-5-7-17(18)23(19)29/h5-14H,3-4H2,1-2H3,(H,27,31). The van der Waals surface area contributed by atoms with Crippen LogP contribution >= 0.6 is 11.6 Å². The van der Waals surface area contributed by atoms with E-state index in [2.05, 4.69) is 5.32 Å². The molecule has 1 aliphatic rings. The zero-order valence-corrected chi connectivity index (χ0v) is 20.0. The van der Waals surface area contributed by atoms with Crippen LogP contribution in [0.4, 0.5) is 5.69 Å². The van der Waals surface area contributed by atoms with Crippen molar-refractivity contribution in [1.82, 2.24) is 4.31 Å². The van der Waals surface area contributed by atoms with Crippen LogP contribution in [0.5, 0.6) is 0 Å². The SMILES string of the molecule is CCN(CC)S(=O)(=O)c1ccc(Cl)c(C(=O)Nc2ccc3c(c2)C(=O)c2ccccc2C3=O)c1. The highest BCUT2D eigenvalue weighted by atomic mass is 35.5. The molecule has 7 nitrogen and oxygen atoms in total. The van der Waals surface area contributed by atoms with E-state index in [1.54, 1.807) is 38.1 Å². The van der Waals surface area contributed by atoms with E-state index in [1.807, 2.05) is 0 Å². The van der Waals surface area contributed by atoms with Gasteiger partial charge in [-0.05, 0) is 36.4 Å². The lowest BCUT2D eigenvalue weighted by molar-refractivity contribution is 0.0979. The molecule has 1 aliphatic carbocycles. The zero-order valence-electron chi connectivity index (χ0n) is 18.5. The largest absolute Gasteiger partial charge is 0.322 e. The number of halogens is 1. The Morgan fingerprint density at radius 2 is 1.44 bits per heavy atom. The summed E-state index contributed by atoms with van der Waals surface area (Å²) in [4.78, 5) is 38.6. The van der Waals surface area contributed by atoms with Crippen LogP contribution in [-0.2, 0) is 10.0 Å². The fraction of sp³-hybridized carbons (Fsp3) is 0.160. The van der Waals surface area contributed by atoms with Gasteiger partial charge in [0.2, 0.25) is 10.0 Å². The first-order chi connectivity index (χ1) is 16.2. The number of carbonyl (C=O) groups excluding carboxylic acids is 3. The third kappa shape index (κ3) is 4.04. The summed E-state index contributed by atoms with van der Waals surface area (Å²) in [5.74, 6) is -1.22. The third-order valence-corrected chi connectivity index (χ3v) is 8.08. The fourth-order valence-corrected chi connectivity index (χ4v) is 5.62. The second-order valence-electron chi connectivity index (χ2n) is 7.65. The molecule has 34 heavy (non-hydrogen) atoms. The molecular weight excluding hydrogens is 476 g/mol. The van der Waals surface area contributed by atoms with Crippen LogP contribution in [-0.4, -0.2) is 43.3 Å². The normalized spacial score (nSPS) is 12.9. The smallest absolute Gasteiger partial charge is 0.257 e. The monoisotopic (exact) mass is 496 g/mol. The Morgan fingerprint density at radius 3 is 2.06 bits per heavy atom. The Hall–Kier alpha value is -3.33. The van der Waals surface area contributed by atoms with Crippen LogP contribution in [0.15, 0.2) is 65.6 Å². The first-order valence-electron chi connectivity index (χ1n) is 10.6. The number of hydrogen-bond donors (Lipinski definition) is 1. The minimum Gasteiger partial charge on any atom is -0.322 e. The molecule has 3 aromatic carbocycles. The van der Waals surface area contributed by atoms with E-state index in [0.717, 1.165) is 0 Å². The number of carbonyl (C=O) groups is 3. The maximum atomic E-state index is 13.0. The summed E-state index contributed by atoms with van der Waals surface area (Å²) in [5.41, 5.74) is 1.34. The van der Waals surface area contributed by atoms with Crippen LogP contribution in [0.25, 0.3) is 0 Å². The first kappa shape index (κ1) is 23.8. The first-order valence-corrected chi connectivity index (χ1v) is 12.4. The van der Waals surface area contributed by atoms with E-state index < -0.39 is 15.9 Å². The van der Waals surface area contributed by atoms with Gasteiger partial charge >= 0.3 is 0 Å². The quantitative estimate of drug-likeness (QED) is 0.426. The highest BCUT2D eigenvalue weighted by Crippen LogP contribution is 2.30. The van der Waals surface area contributed by atoms with Crippen LogP contribution in [0, 0.1) is 0 Å². The molecule has 0 spiro atoms. The van der Waals surface area contributed by atoms with Gasteiger partial charge in [0.25, 0.3) is 5.91 Å². The molecule has 0 radical (unpaired) electrons. The van der Waals surface area contributed by atoms with Crippen molar-refractivity contribution >= 4 is 44.8 Å². The summed E-state index contributed by atoms with van der Waals surface area (Å²) in [6, 6.07) is 15.0. The van der Waals surface area contributed by atoms with Crippen molar-refractivity contribution in [2.75, 3.05) is 18.4 Å². The molecule has 0 saturated heterocycles. The van der Waals surface area contributed by atoms with E-state index in [9.17, 15) is 22.8 Å². The molecule has 0 fully saturated rings. The molecule has 1 amide bonds. The van der Waals surface area contributed by atoms with E-state index in [-0.39, 0.29) is 57.0 Å². The highest BCUT2D eigenvalue weighted by Gasteiger charge is 2.30. The molecule has 0 saturated carbocycles. The molecule has 0 aromatic heterocycles. The van der Waals surface area contributed by atoms with Gasteiger partial charge in [-0.3, -0.25) is 14.4 Å². The summed E-state index contributed by atoms with van der Waals surface area (Å²) < 4.78 is 27.0. The lowest BCUT2D eigenvalue weighted by Gasteiger charge is -2.19. The van der Waals surface area contributed by atoms with Crippen molar-refractivity contribution in [3.63, 3.8) is 0 Å². The molecule has 0 unspecified atom stereocenters. The molecule has 0 atom stereocenters. The summed E-state index contributed by atoms with van der Waals surface area (Å²) in [5, 5.41) is 2.73. The molecule has 9 heteroatoms. The Morgan fingerprint density at radius 1 is 0.853 bits per heavy atom. The van der Waals surface area contributed by atoms with Gasteiger partial charge in [-0.1, -0.05) is 49.7 Å².